The molecule has 0 spiro atoms. The summed E-state index contributed by atoms with van der Waals surface area (Å²) in [6.07, 6.45) is 1.10. The molecule has 1 heterocycles. The summed E-state index contributed by atoms with van der Waals surface area (Å²) in [6, 6.07) is 2.98. The van der Waals surface area contributed by atoms with E-state index in [2.05, 4.69) is 10.1 Å². The Hall–Kier alpha value is -1.41. The third kappa shape index (κ3) is 4.46. The summed E-state index contributed by atoms with van der Waals surface area (Å²) in [5, 5.41) is 2.47. The van der Waals surface area contributed by atoms with Crippen molar-refractivity contribution >= 4 is 33.1 Å². The van der Waals surface area contributed by atoms with Gasteiger partial charge in [-0.25, -0.2) is 13.2 Å². The number of thiophene rings is 1. The summed E-state index contributed by atoms with van der Waals surface area (Å²) in [4.78, 5) is 23.4. The van der Waals surface area contributed by atoms with Crippen LogP contribution < -0.4 is 5.32 Å². The topological polar surface area (TPSA) is 89.5 Å². The van der Waals surface area contributed by atoms with Crippen molar-refractivity contribution in [2.24, 2.45) is 0 Å². The Bertz CT molecular complexity index is 546. The number of methoxy groups -OCH3 is 1. The normalized spacial score (nSPS) is 11.0. The smallest absolute Gasteiger partial charge is 0.348 e. The Labute approximate surface area is 109 Å². The second kappa shape index (κ2) is 5.96. The lowest BCUT2D eigenvalue weighted by molar-refractivity contribution is 0.0606. The molecular weight excluding hydrogens is 278 g/mol. The molecule has 0 aliphatic carbocycles. The van der Waals surface area contributed by atoms with E-state index in [1.165, 1.54) is 19.2 Å². The molecule has 0 fully saturated rings. The van der Waals surface area contributed by atoms with E-state index >= 15 is 0 Å². The van der Waals surface area contributed by atoms with Gasteiger partial charge in [-0.15, -0.1) is 11.3 Å². The van der Waals surface area contributed by atoms with Crippen LogP contribution in [0.25, 0.3) is 0 Å². The number of esters is 1. The Morgan fingerprint density at radius 3 is 2.50 bits per heavy atom. The molecule has 0 aromatic carbocycles. The number of rotatable bonds is 5. The van der Waals surface area contributed by atoms with Crippen LogP contribution in [0.2, 0.25) is 0 Å². The summed E-state index contributed by atoms with van der Waals surface area (Å²) in [5.41, 5.74) is 0. The van der Waals surface area contributed by atoms with Crippen LogP contribution in [0, 0.1) is 0 Å². The molecule has 0 radical (unpaired) electrons. The lowest BCUT2D eigenvalue weighted by Crippen LogP contribution is -2.28. The van der Waals surface area contributed by atoms with Crippen LogP contribution in [0.4, 0.5) is 0 Å². The summed E-state index contributed by atoms with van der Waals surface area (Å²) in [7, 11) is -1.84. The highest BCUT2D eigenvalue weighted by Crippen LogP contribution is 2.17. The maximum absolute atomic E-state index is 11.6. The van der Waals surface area contributed by atoms with Crippen molar-refractivity contribution in [2.45, 2.75) is 0 Å². The van der Waals surface area contributed by atoms with Crippen LogP contribution in [0.1, 0.15) is 19.3 Å². The van der Waals surface area contributed by atoms with Crippen LogP contribution in [-0.2, 0) is 14.6 Å². The average molecular weight is 291 g/mol. The average Bonchev–Trinajstić information content (AvgIpc) is 2.75. The summed E-state index contributed by atoms with van der Waals surface area (Å²) in [5.74, 6) is -1.03. The molecule has 0 unspecified atom stereocenters. The van der Waals surface area contributed by atoms with E-state index < -0.39 is 21.7 Å². The van der Waals surface area contributed by atoms with E-state index in [-0.39, 0.29) is 12.3 Å². The molecule has 0 saturated carbocycles. The molecular formula is C10H13NO5S2. The van der Waals surface area contributed by atoms with Crippen LogP contribution in [0.3, 0.4) is 0 Å². The molecule has 1 rings (SSSR count). The molecule has 0 atom stereocenters. The summed E-state index contributed by atoms with van der Waals surface area (Å²) < 4.78 is 26.3. The fourth-order valence-corrected chi connectivity index (χ4v) is 2.42. The van der Waals surface area contributed by atoms with Crippen molar-refractivity contribution in [1.82, 2.24) is 5.32 Å². The number of carbonyl (C=O) groups is 2. The van der Waals surface area contributed by atoms with Gasteiger partial charge in [-0.1, -0.05) is 0 Å². The standard InChI is InChI=1S/C10H13NO5S2/c1-16-10(13)8-4-3-7(17-8)9(12)11-5-6-18(2,14)15/h3-4H,5-6H2,1-2H3,(H,11,12). The minimum atomic E-state index is -3.10. The van der Waals surface area contributed by atoms with E-state index in [0.29, 0.717) is 9.75 Å². The second-order valence-electron chi connectivity index (χ2n) is 3.54. The van der Waals surface area contributed by atoms with Gasteiger partial charge >= 0.3 is 5.97 Å². The zero-order valence-corrected chi connectivity index (χ0v) is 11.6. The number of amides is 1. The van der Waals surface area contributed by atoms with Crippen molar-refractivity contribution in [2.75, 3.05) is 25.7 Å². The van der Waals surface area contributed by atoms with Crippen molar-refractivity contribution in [3.8, 4) is 0 Å². The van der Waals surface area contributed by atoms with E-state index in [9.17, 15) is 18.0 Å². The molecule has 1 aromatic heterocycles. The zero-order valence-electron chi connectivity index (χ0n) is 9.93. The van der Waals surface area contributed by atoms with Gasteiger partial charge in [-0.3, -0.25) is 4.79 Å². The van der Waals surface area contributed by atoms with E-state index in [0.717, 1.165) is 17.6 Å². The third-order valence-corrected chi connectivity index (χ3v) is 3.98. The largest absolute Gasteiger partial charge is 0.465 e. The van der Waals surface area contributed by atoms with Gasteiger partial charge in [0, 0.05) is 12.8 Å². The number of sulfone groups is 1. The van der Waals surface area contributed by atoms with Crippen LogP contribution in [-0.4, -0.2) is 46.0 Å². The molecule has 1 amide bonds. The minimum absolute atomic E-state index is 0.0448. The minimum Gasteiger partial charge on any atom is -0.465 e. The van der Waals surface area contributed by atoms with Crippen LogP contribution in [0.5, 0.6) is 0 Å². The number of ether oxygens (including phenoxy) is 1. The maximum atomic E-state index is 11.6. The highest BCUT2D eigenvalue weighted by Gasteiger charge is 2.14. The number of carbonyl (C=O) groups excluding carboxylic acids is 2. The van der Waals surface area contributed by atoms with Crippen molar-refractivity contribution in [3.05, 3.63) is 21.9 Å². The molecule has 1 N–H and O–H groups in total. The Balaban J connectivity index is 2.57. The first-order chi connectivity index (χ1) is 8.33. The SMILES string of the molecule is COC(=O)c1ccc(C(=O)NCCS(C)(=O)=O)s1. The van der Waals surface area contributed by atoms with Crippen LogP contribution in [0.15, 0.2) is 12.1 Å². The van der Waals surface area contributed by atoms with E-state index in [1.807, 2.05) is 0 Å². The highest BCUT2D eigenvalue weighted by atomic mass is 32.2. The van der Waals surface area contributed by atoms with Crippen molar-refractivity contribution < 1.29 is 22.7 Å². The second-order valence-corrected chi connectivity index (χ2v) is 6.88. The Kier molecular flexibility index (Phi) is 4.85. The van der Waals surface area contributed by atoms with Gasteiger partial charge in [0.1, 0.15) is 14.7 Å². The number of hydrogen-bond donors (Lipinski definition) is 1. The number of hydrogen-bond acceptors (Lipinski definition) is 6. The molecule has 0 aliphatic rings. The lowest BCUT2D eigenvalue weighted by Gasteiger charge is -2.01. The molecule has 8 heteroatoms. The van der Waals surface area contributed by atoms with Crippen molar-refractivity contribution in [3.63, 3.8) is 0 Å². The van der Waals surface area contributed by atoms with E-state index in [4.69, 9.17) is 0 Å². The fraction of sp³-hybridized carbons (Fsp3) is 0.400. The van der Waals surface area contributed by atoms with Crippen molar-refractivity contribution in [1.29, 1.82) is 0 Å². The highest BCUT2D eigenvalue weighted by molar-refractivity contribution is 7.90. The van der Waals surface area contributed by atoms with Gasteiger partial charge < -0.3 is 10.1 Å². The maximum Gasteiger partial charge on any atom is 0.348 e. The summed E-state index contributed by atoms with van der Waals surface area (Å²) in [6.45, 7) is 0.0448. The van der Waals surface area contributed by atoms with Gasteiger partial charge in [0.25, 0.3) is 5.91 Å². The molecule has 1 aromatic rings. The Morgan fingerprint density at radius 1 is 1.33 bits per heavy atom. The molecule has 0 bridgehead atoms. The van der Waals surface area contributed by atoms with Gasteiger partial charge in [0.05, 0.1) is 17.7 Å². The van der Waals surface area contributed by atoms with Gasteiger partial charge in [0.2, 0.25) is 0 Å². The quantitative estimate of drug-likeness (QED) is 0.789. The fourth-order valence-electron chi connectivity index (χ4n) is 1.11. The first kappa shape index (κ1) is 14.7. The number of nitrogens with one attached hydrogen (secondary N) is 1. The predicted octanol–water partition coefficient (Wildman–Crippen LogP) is 0.309. The van der Waals surface area contributed by atoms with Gasteiger partial charge in [0.15, 0.2) is 0 Å². The first-order valence-electron chi connectivity index (χ1n) is 4.97. The first-order valence-corrected chi connectivity index (χ1v) is 7.85. The zero-order chi connectivity index (χ0) is 13.8. The predicted molar refractivity (Wildman–Crippen MR) is 67.7 cm³/mol. The third-order valence-electron chi connectivity index (χ3n) is 1.97. The molecule has 0 aliphatic heterocycles. The van der Waals surface area contributed by atoms with Crippen LogP contribution >= 0.6 is 11.3 Å². The summed E-state index contributed by atoms with van der Waals surface area (Å²) >= 11 is 0.996. The molecule has 18 heavy (non-hydrogen) atoms. The molecule has 100 valence electrons. The monoisotopic (exact) mass is 291 g/mol. The van der Waals surface area contributed by atoms with Gasteiger partial charge in [-0.05, 0) is 12.1 Å². The van der Waals surface area contributed by atoms with Gasteiger partial charge in [-0.2, -0.15) is 0 Å². The van der Waals surface area contributed by atoms with E-state index in [1.54, 1.807) is 0 Å². The molecule has 6 nitrogen and oxygen atoms in total. The lowest BCUT2D eigenvalue weighted by atomic mass is 10.4. The molecule has 0 saturated heterocycles. The Morgan fingerprint density at radius 2 is 1.94 bits per heavy atom.